The van der Waals surface area contributed by atoms with Gasteiger partial charge in [-0.2, -0.15) is 0 Å². The van der Waals surface area contributed by atoms with Crippen molar-refractivity contribution in [1.29, 1.82) is 5.41 Å². The lowest BCUT2D eigenvalue weighted by Crippen LogP contribution is -2.21. The molecule has 0 amide bonds. The van der Waals surface area contributed by atoms with Crippen molar-refractivity contribution in [3.05, 3.63) is 35.7 Å². The maximum atomic E-state index is 11.5. The molecule has 1 fully saturated rings. The van der Waals surface area contributed by atoms with E-state index in [0.717, 1.165) is 68.5 Å². The van der Waals surface area contributed by atoms with Crippen molar-refractivity contribution >= 4 is 23.9 Å². The fraction of sp³-hybridized carbons (Fsp3) is 0.524. The fourth-order valence-electron chi connectivity index (χ4n) is 3.71. The Labute approximate surface area is 155 Å². The van der Waals surface area contributed by atoms with Gasteiger partial charge >= 0.3 is 0 Å². The number of carbonyl (C=O) groups excluding carboxylic acids is 1. The minimum Gasteiger partial charge on any atom is -0.390 e. The van der Waals surface area contributed by atoms with E-state index >= 15 is 0 Å². The van der Waals surface area contributed by atoms with E-state index in [2.05, 4.69) is 21.4 Å². The van der Waals surface area contributed by atoms with Gasteiger partial charge in [0.25, 0.3) is 0 Å². The van der Waals surface area contributed by atoms with E-state index in [0.29, 0.717) is 11.7 Å². The number of aliphatic imine (C=N–C) groups is 2. The van der Waals surface area contributed by atoms with Crippen molar-refractivity contribution in [1.82, 2.24) is 5.32 Å². The van der Waals surface area contributed by atoms with Gasteiger partial charge in [-0.1, -0.05) is 18.6 Å². The highest BCUT2D eigenvalue weighted by Gasteiger charge is 2.19. The number of allylic oxidation sites excluding steroid dienone is 3. The minimum absolute atomic E-state index is 0.135. The first-order valence-electron chi connectivity index (χ1n) is 9.71. The summed E-state index contributed by atoms with van der Waals surface area (Å²) in [5.74, 6) is 1.04. The molecule has 0 bridgehead atoms. The maximum absolute atomic E-state index is 11.5. The Morgan fingerprint density at radius 3 is 3.15 bits per heavy atom. The maximum Gasteiger partial charge on any atom is 0.133 e. The average molecular weight is 352 g/mol. The predicted molar refractivity (Wildman–Crippen MR) is 107 cm³/mol. The van der Waals surface area contributed by atoms with E-state index in [1.807, 2.05) is 18.4 Å². The third kappa shape index (κ3) is 5.10. The number of Topliss-reactive ketones (excluding diaryl/α,β-unsaturated/α-hetero) is 1. The highest BCUT2D eigenvalue weighted by molar-refractivity contribution is 6.44. The van der Waals surface area contributed by atoms with Crippen molar-refractivity contribution in [2.24, 2.45) is 15.9 Å². The zero-order chi connectivity index (χ0) is 18.2. The Balaban J connectivity index is 1.42. The van der Waals surface area contributed by atoms with Crippen molar-refractivity contribution in [2.75, 3.05) is 6.54 Å². The summed E-state index contributed by atoms with van der Waals surface area (Å²) in [6.45, 7) is 0.872. The second kappa shape index (κ2) is 9.41. The molecule has 1 saturated carbocycles. The van der Waals surface area contributed by atoms with Gasteiger partial charge in [-0.05, 0) is 44.1 Å². The van der Waals surface area contributed by atoms with Gasteiger partial charge in [-0.25, -0.2) is 4.99 Å². The fourth-order valence-corrected chi connectivity index (χ4v) is 3.71. The molecule has 2 unspecified atom stereocenters. The standard InChI is InChI=1S/C21H28N4O/c22-13-17(21-15-24-19-9-1-2-10-20(19)25-21)14-23-11-4-3-6-16-7-5-8-18(26)12-16/h1-2,10,13-16,19,22-23H,3-9,11-12H2/b17-14+,22-13?. The third-order valence-electron chi connectivity index (χ3n) is 5.21. The Hall–Kier alpha value is -2.30. The van der Waals surface area contributed by atoms with E-state index in [-0.39, 0.29) is 6.04 Å². The average Bonchev–Trinajstić information content (AvgIpc) is 2.67. The van der Waals surface area contributed by atoms with Crippen LogP contribution in [0.5, 0.6) is 0 Å². The van der Waals surface area contributed by atoms with Crippen LogP contribution in [0.3, 0.4) is 0 Å². The van der Waals surface area contributed by atoms with Gasteiger partial charge in [-0.3, -0.25) is 9.79 Å². The number of fused-ring (bicyclic) bond motifs is 1. The normalized spacial score (nSPS) is 25.4. The molecular weight excluding hydrogens is 324 g/mol. The van der Waals surface area contributed by atoms with E-state index in [1.165, 1.54) is 12.6 Å². The first-order chi connectivity index (χ1) is 12.8. The molecule has 2 N–H and O–H groups in total. The van der Waals surface area contributed by atoms with Crippen LogP contribution < -0.4 is 5.32 Å². The number of hydrogen-bond donors (Lipinski definition) is 2. The third-order valence-corrected chi connectivity index (χ3v) is 5.21. The van der Waals surface area contributed by atoms with Crippen LogP contribution in [-0.4, -0.2) is 36.5 Å². The number of unbranched alkanes of at least 4 members (excludes halogenated alkanes) is 1. The van der Waals surface area contributed by atoms with Gasteiger partial charge in [0.05, 0.1) is 17.5 Å². The van der Waals surface area contributed by atoms with Crippen molar-refractivity contribution < 1.29 is 4.79 Å². The zero-order valence-electron chi connectivity index (χ0n) is 15.3. The molecule has 3 aliphatic rings. The molecule has 138 valence electrons. The molecular formula is C21H28N4O. The summed E-state index contributed by atoms with van der Waals surface area (Å²) in [6.07, 6.45) is 19.2. The van der Waals surface area contributed by atoms with Crippen LogP contribution in [0.1, 0.15) is 51.4 Å². The quantitative estimate of drug-likeness (QED) is 0.515. The molecule has 2 aliphatic carbocycles. The number of nitrogens with one attached hydrogen (secondary N) is 2. The topological polar surface area (TPSA) is 77.7 Å². The van der Waals surface area contributed by atoms with Gasteiger partial charge in [-0.15, -0.1) is 0 Å². The lowest BCUT2D eigenvalue weighted by atomic mass is 9.85. The molecule has 0 saturated heterocycles. The summed E-state index contributed by atoms with van der Waals surface area (Å²) in [4.78, 5) is 20.7. The summed E-state index contributed by atoms with van der Waals surface area (Å²) >= 11 is 0. The summed E-state index contributed by atoms with van der Waals surface area (Å²) in [6, 6.07) is 0.135. The number of hydrogen-bond acceptors (Lipinski definition) is 5. The number of rotatable bonds is 8. The molecule has 5 heteroatoms. The monoisotopic (exact) mass is 352 g/mol. The molecule has 5 nitrogen and oxygen atoms in total. The molecule has 0 aromatic rings. The van der Waals surface area contributed by atoms with Crippen LogP contribution in [0.4, 0.5) is 0 Å². The highest BCUT2D eigenvalue weighted by Crippen LogP contribution is 2.25. The second-order valence-electron chi connectivity index (χ2n) is 7.24. The first-order valence-corrected chi connectivity index (χ1v) is 9.71. The van der Waals surface area contributed by atoms with Crippen LogP contribution in [0.2, 0.25) is 0 Å². The van der Waals surface area contributed by atoms with Gasteiger partial charge in [0.15, 0.2) is 0 Å². The summed E-state index contributed by atoms with van der Waals surface area (Å²) in [7, 11) is 0. The zero-order valence-corrected chi connectivity index (χ0v) is 15.3. The highest BCUT2D eigenvalue weighted by atomic mass is 16.1. The van der Waals surface area contributed by atoms with Gasteiger partial charge in [0.1, 0.15) is 5.78 Å². The molecule has 2 atom stereocenters. The van der Waals surface area contributed by atoms with Gasteiger partial charge in [0, 0.05) is 43.6 Å². The molecule has 0 aromatic carbocycles. The van der Waals surface area contributed by atoms with Gasteiger partial charge in [0.2, 0.25) is 0 Å². The van der Waals surface area contributed by atoms with Crippen molar-refractivity contribution in [3.63, 3.8) is 0 Å². The summed E-state index contributed by atoms with van der Waals surface area (Å²) in [5.41, 5.74) is 2.46. The predicted octanol–water partition coefficient (Wildman–Crippen LogP) is 3.78. The first kappa shape index (κ1) is 18.5. The minimum atomic E-state index is 0.135. The van der Waals surface area contributed by atoms with Gasteiger partial charge < -0.3 is 10.7 Å². The molecule has 0 spiro atoms. The Bertz CT molecular complexity index is 684. The lowest BCUT2D eigenvalue weighted by molar-refractivity contribution is -0.121. The Kier molecular flexibility index (Phi) is 6.69. The van der Waals surface area contributed by atoms with Crippen molar-refractivity contribution in [2.45, 2.75) is 57.4 Å². The van der Waals surface area contributed by atoms with E-state index in [4.69, 9.17) is 5.41 Å². The SMILES string of the molecule is N=C/C(=C\NCCCCC1CCCC(=O)C1)C1=NC2=CC=CCC2N=C1. The Morgan fingerprint density at radius 1 is 1.38 bits per heavy atom. The molecule has 3 rings (SSSR count). The largest absolute Gasteiger partial charge is 0.390 e. The van der Waals surface area contributed by atoms with E-state index < -0.39 is 0 Å². The van der Waals surface area contributed by atoms with E-state index in [9.17, 15) is 4.79 Å². The smallest absolute Gasteiger partial charge is 0.133 e. The number of nitrogens with zero attached hydrogens (tertiary/aromatic N) is 2. The lowest BCUT2D eigenvalue weighted by Gasteiger charge is -2.20. The number of ketones is 1. The number of carbonyl (C=O) groups is 1. The summed E-state index contributed by atoms with van der Waals surface area (Å²) < 4.78 is 0. The van der Waals surface area contributed by atoms with E-state index in [1.54, 1.807) is 6.21 Å². The van der Waals surface area contributed by atoms with Crippen LogP contribution in [0.25, 0.3) is 0 Å². The molecule has 0 radical (unpaired) electrons. The van der Waals surface area contributed by atoms with Crippen LogP contribution in [0, 0.1) is 11.3 Å². The summed E-state index contributed by atoms with van der Waals surface area (Å²) in [5, 5.41) is 11.0. The molecule has 26 heavy (non-hydrogen) atoms. The second-order valence-corrected chi connectivity index (χ2v) is 7.24. The molecule has 0 aromatic heterocycles. The molecule has 1 aliphatic heterocycles. The molecule has 1 heterocycles. The van der Waals surface area contributed by atoms with Crippen molar-refractivity contribution in [3.8, 4) is 0 Å². The Morgan fingerprint density at radius 2 is 2.31 bits per heavy atom. The van der Waals surface area contributed by atoms with Crippen LogP contribution >= 0.6 is 0 Å². The van der Waals surface area contributed by atoms with Crippen LogP contribution in [-0.2, 0) is 4.79 Å². The van der Waals surface area contributed by atoms with Crippen LogP contribution in [0.15, 0.2) is 45.7 Å².